The van der Waals surface area contributed by atoms with Crippen molar-refractivity contribution in [3.63, 3.8) is 0 Å². The van der Waals surface area contributed by atoms with Crippen LogP contribution in [0.5, 0.6) is 0 Å². The highest BCUT2D eigenvalue weighted by Crippen LogP contribution is 2.36. The Labute approximate surface area is 127 Å². The van der Waals surface area contributed by atoms with Crippen molar-refractivity contribution in [2.45, 2.75) is 57.0 Å². The molecule has 104 valence electrons. The zero-order chi connectivity index (χ0) is 13.2. The van der Waals surface area contributed by atoms with Gasteiger partial charge in [0.15, 0.2) is 0 Å². The van der Waals surface area contributed by atoms with Gasteiger partial charge in [-0.05, 0) is 41.6 Å². The van der Waals surface area contributed by atoms with Crippen LogP contribution in [0.25, 0.3) is 0 Å². The van der Waals surface area contributed by atoms with E-state index < -0.39 is 0 Å². The number of halogens is 1. The second-order valence-corrected chi connectivity index (χ2v) is 6.72. The summed E-state index contributed by atoms with van der Waals surface area (Å²) >= 11 is 8.99. The molecule has 1 atom stereocenters. The van der Waals surface area contributed by atoms with Gasteiger partial charge in [-0.2, -0.15) is 0 Å². The van der Waals surface area contributed by atoms with Crippen molar-refractivity contribution in [2.24, 2.45) is 0 Å². The van der Waals surface area contributed by atoms with E-state index in [1.54, 1.807) is 0 Å². The molecule has 0 spiro atoms. The van der Waals surface area contributed by atoms with Crippen LogP contribution in [-0.4, -0.2) is 22.7 Å². The average molecular weight is 343 g/mol. The zero-order valence-corrected chi connectivity index (χ0v) is 13.4. The van der Waals surface area contributed by atoms with Crippen LogP contribution in [0, 0.1) is 4.64 Å². The van der Waals surface area contributed by atoms with Crippen molar-refractivity contribution in [1.82, 2.24) is 9.97 Å². The van der Waals surface area contributed by atoms with Crippen LogP contribution in [0.4, 0.5) is 0 Å². The standard InChI is InChI=1S/C14H19BrN2OS/c15-12-13(9-4-1-2-5-9)16-11(17-14(12)19)8-10-6-3-7-18-10/h9-10H,1-8H2,(H,16,17,19). The van der Waals surface area contributed by atoms with Gasteiger partial charge in [0.1, 0.15) is 10.5 Å². The van der Waals surface area contributed by atoms with Crippen molar-refractivity contribution in [1.29, 1.82) is 0 Å². The lowest BCUT2D eigenvalue weighted by molar-refractivity contribution is 0.109. The van der Waals surface area contributed by atoms with Crippen LogP contribution in [0.2, 0.25) is 0 Å². The first-order valence-electron chi connectivity index (χ1n) is 7.14. The maximum absolute atomic E-state index is 5.69. The van der Waals surface area contributed by atoms with Gasteiger partial charge in [-0.25, -0.2) is 4.98 Å². The number of ether oxygens (including phenoxy) is 1. The van der Waals surface area contributed by atoms with Crippen molar-refractivity contribution in [2.75, 3.05) is 6.61 Å². The highest BCUT2D eigenvalue weighted by Gasteiger charge is 2.23. The number of nitrogens with one attached hydrogen (secondary N) is 1. The molecule has 2 fully saturated rings. The fraction of sp³-hybridized carbons (Fsp3) is 0.714. The number of aromatic amines is 1. The van der Waals surface area contributed by atoms with Gasteiger partial charge in [0.05, 0.1) is 10.6 Å². The Hall–Kier alpha value is -0.260. The summed E-state index contributed by atoms with van der Waals surface area (Å²) in [4.78, 5) is 8.02. The Balaban J connectivity index is 1.86. The molecule has 1 saturated heterocycles. The molecule has 1 aromatic heterocycles. The van der Waals surface area contributed by atoms with Gasteiger partial charge in [-0.15, -0.1) is 0 Å². The molecule has 0 radical (unpaired) electrons. The molecule has 3 nitrogen and oxygen atoms in total. The van der Waals surface area contributed by atoms with Gasteiger partial charge in [-0.1, -0.05) is 25.1 Å². The molecular weight excluding hydrogens is 324 g/mol. The molecule has 1 aliphatic heterocycles. The summed E-state index contributed by atoms with van der Waals surface area (Å²) in [6.07, 6.45) is 8.63. The van der Waals surface area contributed by atoms with Gasteiger partial charge in [0.25, 0.3) is 0 Å². The number of hydrogen-bond donors (Lipinski definition) is 1. The maximum atomic E-state index is 5.69. The van der Waals surface area contributed by atoms with E-state index in [1.807, 2.05) is 0 Å². The van der Waals surface area contributed by atoms with E-state index in [2.05, 4.69) is 25.9 Å². The molecule has 1 saturated carbocycles. The lowest BCUT2D eigenvalue weighted by Gasteiger charge is -2.15. The number of aromatic nitrogens is 2. The second kappa shape index (κ2) is 6.02. The fourth-order valence-corrected chi connectivity index (χ4v) is 3.87. The molecule has 0 aromatic carbocycles. The Morgan fingerprint density at radius 2 is 2.05 bits per heavy atom. The van der Waals surface area contributed by atoms with E-state index >= 15 is 0 Å². The minimum Gasteiger partial charge on any atom is -0.378 e. The quantitative estimate of drug-likeness (QED) is 0.833. The van der Waals surface area contributed by atoms with E-state index in [-0.39, 0.29) is 0 Å². The molecule has 1 aliphatic carbocycles. The molecule has 5 heteroatoms. The normalized spacial score (nSPS) is 24.2. The van der Waals surface area contributed by atoms with Crippen molar-refractivity contribution in [3.8, 4) is 0 Å². The molecule has 1 unspecified atom stereocenters. The minimum atomic E-state index is 0.316. The third-order valence-electron chi connectivity index (χ3n) is 4.15. The molecule has 3 rings (SSSR count). The smallest absolute Gasteiger partial charge is 0.144 e. The molecular formula is C14H19BrN2OS. The van der Waals surface area contributed by atoms with Crippen LogP contribution in [0.1, 0.15) is 56.0 Å². The molecule has 2 heterocycles. The summed E-state index contributed by atoms with van der Waals surface area (Å²) in [5.74, 6) is 1.60. The Kier molecular flexibility index (Phi) is 4.34. The molecule has 19 heavy (non-hydrogen) atoms. The number of hydrogen-bond acceptors (Lipinski definition) is 3. The average Bonchev–Trinajstić information content (AvgIpc) is 3.06. The summed E-state index contributed by atoms with van der Waals surface area (Å²) in [5.41, 5.74) is 1.26. The maximum Gasteiger partial charge on any atom is 0.144 e. The summed E-state index contributed by atoms with van der Waals surface area (Å²) in [7, 11) is 0. The molecule has 0 bridgehead atoms. The highest BCUT2D eigenvalue weighted by atomic mass is 79.9. The third kappa shape index (κ3) is 3.09. The SMILES string of the molecule is S=c1nc(CC2CCCO2)[nH]c(C2CCCC2)c1Br. The van der Waals surface area contributed by atoms with Gasteiger partial charge in [0, 0.05) is 24.6 Å². The largest absolute Gasteiger partial charge is 0.378 e. The molecule has 1 N–H and O–H groups in total. The van der Waals surface area contributed by atoms with Gasteiger partial charge in [-0.3, -0.25) is 0 Å². The lowest BCUT2D eigenvalue weighted by Crippen LogP contribution is -2.13. The van der Waals surface area contributed by atoms with Crippen LogP contribution in [-0.2, 0) is 11.2 Å². The first kappa shape index (κ1) is 13.7. The van der Waals surface area contributed by atoms with E-state index in [0.29, 0.717) is 16.7 Å². The number of nitrogens with zero attached hydrogens (tertiary/aromatic N) is 1. The van der Waals surface area contributed by atoms with Crippen molar-refractivity contribution < 1.29 is 4.74 Å². The molecule has 1 aromatic rings. The Bertz CT molecular complexity index is 505. The van der Waals surface area contributed by atoms with E-state index in [1.165, 1.54) is 31.4 Å². The first-order chi connectivity index (χ1) is 9.24. The summed E-state index contributed by atoms with van der Waals surface area (Å²) in [6.45, 7) is 0.886. The van der Waals surface area contributed by atoms with Crippen molar-refractivity contribution >= 4 is 28.1 Å². The number of rotatable bonds is 3. The Morgan fingerprint density at radius 3 is 2.74 bits per heavy atom. The van der Waals surface area contributed by atoms with Crippen LogP contribution in [0.3, 0.4) is 0 Å². The molecule has 0 amide bonds. The van der Waals surface area contributed by atoms with E-state index in [9.17, 15) is 0 Å². The summed E-state index contributed by atoms with van der Waals surface area (Å²) in [5, 5.41) is 0. The van der Waals surface area contributed by atoms with E-state index in [0.717, 1.165) is 36.2 Å². The van der Waals surface area contributed by atoms with Gasteiger partial charge < -0.3 is 9.72 Å². The third-order valence-corrected chi connectivity index (χ3v) is 5.51. The Morgan fingerprint density at radius 1 is 1.26 bits per heavy atom. The molecule has 2 aliphatic rings. The first-order valence-corrected chi connectivity index (χ1v) is 8.34. The fourth-order valence-electron chi connectivity index (χ4n) is 3.14. The lowest BCUT2D eigenvalue weighted by atomic mass is 10.0. The summed E-state index contributed by atoms with van der Waals surface area (Å²) in [6, 6.07) is 0. The van der Waals surface area contributed by atoms with Crippen LogP contribution in [0.15, 0.2) is 4.47 Å². The number of H-pyrrole nitrogens is 1. The van der Waals surface area contributed by atoms with Crippen molar-refractivity contribution in [3.05, 3.63) is 20.6 Å². The van der Waals surface area contributed by atoms with Gasteiger partial charge >= 0.3 is 0 Å². The monoisotopic (exact) mass is 342 g/mol. The van der Waals surface area contributed by atoms with E-state index in [4.69, 9.17) is 17.0 Å². The second-order valence-electron chi connectivity index (χ2n) is 5.54. The van der Waals surface area contributed by atoms with Crippen LogP contribution >= 0.6 is 28.1 Å². The predicted octanol–water partition coefficient (Wildman–Crippen LogP) is 4.28. The topological polar surface area (TPSA) is 37.9 Å². The minimum absolute atomic E-state index is 0.316. The van der Waals surface area contributed by atoms with Gasteiger partial charge in [0.2, 0.25) is 0 Å². The zero-order valence-electron chi connectivity index (χ0n) is 11.0. The highest BCUT2D eigenvalue weighted by molar-refractivity contribution is 9.10. The predicted molar refractivity (Wildman–Crippen MR) is 81.0 cm³/mol. The summed E-state index contributed by atoms with van der Waals surface area (Å²) < 4.78 is 7.37. The van der Waals surface area contributed by atoms with Crippen LogP contribution < -0.4 is 0 Å².